The fourth-order valence-corrected chi connectivity index (χ4v) is 3.29. The van der Waals surface area contributed by atoms with Crippen molar-refractivity contribution < 1.29 is 9.59 Å². The molecule has 0 radical (unpaired) electrons. The number of carbonyl (C=O) groups excluding carboxylic acids is 2. The van der Waals surface area contributed by atoms with Gasteiger partial charge in [0.2, 0.25) is 5.91 Å². The molecule has 160 valence electrons. The first-order chi connectivity index (χ1) is 12.5. The van der Waals surface area contributed by atoms with E-state index in [0.29, 0.717) is 18.2 Å². The number of nitrogens with one attached hydrogen (secondary N) is 3. The molecule has 0 spiro atoms. The molecule has 1 aromatic carbocycles. The number of hydrogen-bond acceptors (Lipinski definition) is 4. The van der Waals surface area contributed by atoms with E-state index in [2.05, 4.69) is 41.6 Å². The Morgan fingerprint density at radius 3 is 2.36 bits per heavy atom. The highest BCUT2D eigenvalue weighted by molar-refractivity contribution is 5.96. The second-order valence-corrected chi connectivity index (χ2v) is 6.93. The molecule has 6 nitrogen and oxygen atoms in total. The van der Waals surface area contributed by atoms with Gasteiger partial charge in [0.05, 0.1) is 0 Å². The number of nitrogens with zero attached hydrogens (tertiary/aromatic N) is 1. The number of amides is 2. The van der Waals surface area contributed by atoms with Gasteiger partial charge in [0.1, 0.15) is 0 Å². The highest BCUT2D eigenvalue weighted by Crippen LogP contribution is 2.19. The molecule has 1 aliphatic heterocycles. The third-order valence-electron chi connectivity index (χ3n) is 5.02. The molecule has 1 aromatic rings. The first-order valence-electron chi connectivity index (χ1n) is 9.68. The summed E-state index contributed by atoms with van der Waals surface area (Å²) in [4.78, 5) is 26.8. The summed E-state index contributed by atoms with van der Waals surface area (Å²) in [5.74, 6) is 0.0336. The molecule has 2 amide bonds. The van der Waals surface area contributed by atoms with Crippen LogP contribution in [0.3, 0.4) is 0 Å². The number of benzene rings is 1. The van der Waals surface area contributed by atoms with Gasteiger partial charge >= 0.3 is 0 Å². The van der Waals surface area contributed by atoms with Gasteiger partial charge in [0, 0.05) is 36.3 Å². The van der Waals surface area contributed by atoms with Crippen molar-refractivity contribution in [1.29, 1.82) is 0 Å². The van der Waals surface area contributed by atoms with E-state index in [0.717, 1.165) is 44.7 Å². The summed E-state index contributed by atoms with van der Waals surface area (Å²) in [7, 11) is 0. The van der Waals surface area contributed by atoms with Gasteiger partial charge in [-0.25, -0.2) is 0 Å². The fraction of sp³-hybridized carbons (Fsp3) is 0.600. The lowest BCUT2D eigenvalue weighted by molar-refractivity contribution is -0.120. The first-order valence-corrected chi connectivity index (χ1v) is 9.68. The maximum absolute atomic E-state index is 12.4. The van der Waals surface area contributed by atoms with Crippen LogP contribution in [0, 0.1) is 5.92 Å². The molecule has 2 atom stereocenters. The normalized spacial score (nSPS) is 18.6. The van der Waals surface area contributed by atoms with Crippen molar-refractivity contribution >= 4 is 42.3 Å². The van der Waals surface area contributed by atoms with E-state index in [9.17, 15) is 9.59 Å². The van der Waals surface area contributed by atoms with E-state index >= 15 is 0 Å². The number of hydrogen-bond donors (Lipinski definition) is 3. The highest BCUT2D eigenvalue weighted by atomic mass is 35.5. The van der Waals surface area contributed by atoms with Crippen LogP contribution in [0.4, 0.5) is 5.69 Å². The van der Waals surface area contributed by atoms with Crippen molar-refractivity contribution in [3.63, 3.8) is 0 Å². The number of carbonyl (C=O) groups is 2. The molecular weight excluding hydrogens is 399 g/mol. The Morgan fingerprint density at radius 2 is 1.79 bits per heavy atom. The van der Waals surface area contributed by atoms with E-state index in [4.69, 9.17) is 0 Å². The summed E-state index contributed by atoms with van der Waals surface area (Å²) >= 11 is 0. The van der Waals surface area contributed by atoms with Crippen LogP contribution in [0.5, 0.6) is 0 Å². The molecule has 0 bridgehead atoms. The van der Waals surface area contributed by atoms with Gasteiger partial charge in [-0.2, -0.15) is 0 Å². The van der Waals surface area contributed by atoms with E-state index in [1.54, 1.807) is 24.3 Å². The molecule has 1 saturated heterocycles. The van der Waals surface area contributed by atoms with E-state index < -0.39 is 0 Å². The summed E-state index contributed by atoms with van der Waals surface area (Å²) in [5.41, 5.74) is 1.35. The van der Waals surface area contributed by atoms with Gasteiger partial charge in [-0.05, 0) is 63.7 Å². The standard InChI is InChI=1S/C20H32N4O2.2ClH/c1-4-24(5-2)13-12-22-19(25)16-6-8-18(9-7-16)23-20(26)17-10-11-21-15(3)14-17;;/h6-9,15,17,21H,4-5,10-14H2,1-3H3,(H,22,25)(H,23,26);2*1H/t15-,17-;;/m0../s1. The third kappa shape index (κ3) is 8.35. The zero-order valence-corrected chi connectivity index (χ0v) is 18.6. The minimum Gasteiger partial charge on any atom is -0.351 e. The summed E-state index contributed by atoms with van der Waals surface area (Å²) < 4.78 is 0. The topological polar surface area (TPSA) is 73.5 Å². The van der Waals surface area contributed by atoms with Crippen molar-refractivity contribution in [1.82, 2.24) is 15.5 Å². The van der Waals surface area contributed by atoms with Crippen molar-refractivity contribution in [3.05, 3.63) is 29.8 Å². The molecule has 8 heteroatoms. The summed E-state index contributed by atoms with van der Waals surface area (Å²) in [6.45, 7) is 10.7. The Balaban J connectivity index is 0.00000364. The van der Waals surface area contributed by atoms with Crippen molar-refractivity contribution in [2.75, 3.05) is 38.0 Å². The van der Waals surface area contributed by atoms with E-state index in [1.807, 2.05) is 0 Å². The van der Waals surface area contributed by atoms with Crippen molar-refractivity contribution in [2.24, 2.45) is 5.92 Å². The average molecular weight is 433 g/mol. The van der Waals surface area contributed by atoms with Crippen LogP contribution in [0.1, 0.15) is 44.0 Å². The fourth-order valence-electron chi connectivity index (χ4n) is 3.29. The van der Waals surface area contributed by atoms with Crippen LogP contribution < -0.4 is 16.0 Å². The van der Waals surface area contributed by atoms with Gasteiger partial charge in [-0.1, -0.05) is 13.8 Å². The monoisotopic (exact) mass is 432 g/mol. The number of anilines is 1. The minimum atomic E-state index is -0.0813. The minimum absolute atomic E-state index is 0. The Hall–Kier alpha value is -1.34. The predicted octanol–water partition coefficient (Wildman–Crippen LogP) is 2.93. The largest absolute Gasteiger partial charge is 0.351 e. The number of likely N-dealkylation sites (N-methyl/N-ethyl adjacent to an activating group) is 1. The van der Waals surface area contributed by atoms with Gasteiger partial charge < -0.3 is 20.9 Å². The van der Waals surface area contributed by atoms with E-state index in [1.165, 1.54) is 0 Å². The van der Waals surface area contributed by atoms with Gasteiger partial charge in [-0.3, -0.25) is 9.59 Å². The lowest BCUT2D eigenvalue weighted by atomic mass is 9.92. The van der Waals surface area contributed by atoms with Crippen molar-refractivity contribution in [3.8, 4) is 0 Å². The Kier molecular flexibility index (Phi) is 13.1. The number of halogens is 2. The van der Waals surface area contributed by atoms with Crippen molar-refractivity contribution in [2.45, 2.75) is 39.7 Å². The summed E-state index contributed by atoms with van der Waals surface area (Å²) in [6.07, 6.45) is 1.72. The molecule has 0 saturated carbocycles. The van der Waals surface area contributed by atoms with Gasteiger partial charge in [-0.15, -0.1) is 24.8 Å². The van der Waals surface area contributed by atoms with Crippen LogP contribution >= 0.6 is 24.8 Å². The zero-order valence-electron chi connectivity index (χ0n) is 17.0. The first kappa shape index (κ1) is 26.7. The smallest absolute Gasteiger partial charge is 0.251 e. The molecule has 2 rings (SSSR count). The third-order valence-corrected chi connectivity index (χ3v) is 5.02. The second kappa shape index (κ2) is 13.8. The van der Waals surface area contributed by atoms with Crippen LogP contribution in [0.2, 0.25) is 0 Å². The van der Waals surface area contributed by atoms with Crippen LogP contribution in [-0.2, 0) is 4.79 Å². The lowest BCUT2D eigenvalue weighted by Gasteiger charge is -2.27. The van der Waals surface area contributed by atoms with Crippen LogP contribution in [-0.4, -0.2) is 55.5 Å². The molecule has 28 heavy (non-hydrogen) atoms. The quantitative estimate of drug-likeness (QED) is 0.590. The number of piperidine rings is 1. The van der Waals surface area contributed by atoms with Crippen LogP contribution in [0.25, 0.3) is 0 Å². The summed E-state index contributed by atoms with van der Waals surface area (Å²) in [5, 5.41) is 9.26. The molecular formula is C20H34Cl2N4O2. The molecule has 0 aromatic heterocycles. The Labute approximate surface area is 181 Å². The highest BCUT2D eigenvalue weighted by Gasteiger charge is 2.24. The lowest BCUT2D eigenvalue weighted by Crippen LogP contribution is -2.40. The molecule has 0 aliphatic carbocycles. The SMILES string of the molecule is CCN(CC)CCNC(=O)c1ccc(NC(=O)[C@H]2CCN[C@@H](C)C2)cc1.Cl.Cl. The molecule has 3 N–H and O–H groups in total. The maximum Gasteiger partial charge on any atom is 0.251 e. The second-order valence-electron chi connectivity index (χ2n) is 6.93. The molecule has 1 fully saturated rings. The van der Waals surface area contributed by atoms with E-state index in [-0.39, 0.29) is 42.5 Å². The Morgan fingerprint density at radius 1 is 1.14 bits per heavy atom. The van der Waals surface area contributed by atoms with Gasteiger partial charge in [0.25, 0.3) is 5.91 Å². The zero-order chi connectivity index (χ0) is 18.9. The molecule has 0 unspecified atom stereocenters. The number of rotatable bonds is 8. The summed E-state index contributed by atoms with van der Waals surface area (Å²) in [6, 6.07) is 7.48. The molecule has 1 aliphatic rings. The molecule has 1 heterocycles. The average Bonchev–Trinajstić information content (AvgIpc) is 2.65. The predicted molar refractivity (Wildman–Crippen MR) is 120 cm³/mol. The Bertz CT molecular complexity index is 594. The van der Waals surface area contributed by atoms with Gasteiger partial charge in [0.15, 0.2) is 0 Å². The van der Waals surface area contributed by atoms with Crippen LogP contribution in [0.15, 0.2) is 24.3 Å². The maximum atomic E-state index is 12.4.